The fourth-order valence-electron chi connectivity index (χ4n) is 0.714. The second-order valence-corrected chi connectivity index (χ2v) is 3.51. The van der Waals surface area contributed by atoms with Crippen LogP contribution in [0.5, 0.6) is 0 Å². The molecule has 0 bridgehead atoms. The van der Waals surface area contributed by atoms with Crippen LogP contribution in [0.2, 0.25) is 0 Å². The molecule has 0 saturated heterocycles. The second kappa shape index (κ2) is 13.2. The van der Waals surface area contributed by atoms with Crippen LogP contribution < -0.4 is 29.6 Å². The van der Waals surface area contributed by atoms with Crippen molar-refractivity contribution in [2.24, 2.45) is 0 Å². The standard InChI is InChI=1S/C6H8O7.C3H8O2.Na.H2O/c7-3(8)1-6(13,5(11)12)2-4(9)10;1-3(5)2-4;;/h13H,1-2H2,(H,7,8)(H,9,10)(H,11,12);3-5H,2H2,1H3;;1H2/q;;+1;/p-1. The third-order valence-electron chi connectivity index (χ3n) is 1.55. The largest absolute Gasteiger partial charge is 1.00 e. The number of aliphatic hydroxyl groups excluding tert-OH is 2. The van der Waals surface area contributed by atoms with Crippen molar-refractivity contribution < 1.29 is 80.1 Å². The summed E-state index contributed by atoms with van der Waals surface area (Å²) >= 11 is 0. The molecule has 0 aromatic carbocycles. The van der Waals surface area contributed by atoms with E-state index in [1.54, 1.807) is 0 Å². The predicted molar refractivity (Wildman–Crippen MR) is 57.8 cm³/mol. The van der Waals surface area contributed by atoms with Crippen molar-refractivity contribution in [3.05, 3.63) is 0 Å². The van der Waals surface area contributed by atoms with Crippen LogP contribution >= 0.6 is 0 Å². The van der Waals surface area contributed by atoms with Gasteiger partial charge < -0.3 is 36.1 Å². The van der Waals surface area contributed by atoms with Crippen molar-refractivity contribution in [3.8, 4) is 0 Å². The first-order valence-corrected chi connectivity index (χ1v) is 4.73. The topological polar surface area (TPSA) is 203 Å². The van der Waals surface area contributed by atoms with E-state index in [4.69, 9.17) is 30.6 Å². The van der Waals surface area contributed by atoms with Crippen molar-refractivity contribution >= 4 is 17.9 Å². The number of carboxylic acid groups (broad SMARTS) is 3. The quantitative estimate of drug-likeness (QED) is 0.258. The molecular weight excluding hydrogens is 291 g/mol. The average molecular weight is 308 g/mol. The molecule has 20 heavy (non-hydrogen) atoms. The predicted octanol–water partition coefficient (Wildman–Crippen LogP) is -5.06. The summed E-state index contributed by atoms with van der Waals surface area (Å²) in [5.74, 6) is -5.02. The molecule has 0 radical (unpaired) electrons. The summed E-state index contributed by atoms with van der Waals surface area (Å²) in [7, 11) is 0. The van der Waals surface area contributed by atoms with Gasteiger partial charge in [-0.1, -0.05) is 0 Å². The van der Waals surface area contributed by atoms with Crippen LogP contribution in [0, 0.1) is 0 Å². The third kappa shape index (κ3) is 15.3. The summed E-state index contributed by atoms with van der Waals surface area (Å²) in [4.78, 5) is 30.5. The molecule has 7 N–H and O–H groups in total. The number of aliphatic carboxylic acids is 3. The maximum Gasteiger partial charge on any atom is 1.00 e. The van der Waals surface area contributed by atoms with Crippen LogP contribution in [0.3, 0.4) is 0 Å². The molecule has 0 fully saturated rings. The van der Waals surface area contributed by atoms with Gasteiger partial charge in [0.1, 0.15) is 0 Å². The van der Waals surface area contributed by atoms with Crippen LogP contribution in [-0.4, -0.2) is 72.3 Å². The Labute approximate surface area is 136 Å². The number of hydrogen-bond acceptors (Lipinski definition) is 7. The van der Waals surface area contributed by atoms with Crippen molar-refractivity contribution in [1.29, 1.82) is 0 Å². The minimum Gasteiger partial charge on any atom is -0.870 e. The Kier molecular flexibility index (Phi) is 18.3. The molecule has 1 unspecified atom stereocenters. The van der Waals surface area contributed by atoms with Gasteiger partial charge in [0.25, 0.3) is 0 Å². The van der Waals surface area contributed by atoms with E-state index in [1.165, 1.54) is 6.92 Å². The van der Waals surface area contributed by atoms with Gasteiger partial charge in [0.2, 0.25) is 0 Å². The van der Waals surface area contributed by atoms with Gasteiger partial charge in [0.05, 0.1) is 25.6 Å². The first-order valence-electron chi connectivity index (χ1n) is 4.73. The fraction of sp³-hybridized carbons (Fsp3) is 0.667. The number of carboxylic acids is 3. The normalized spacial score (nSPS) is 10.8. The molecule has 11 heteroatoms. The molecule has 0 aliphatic carbocycles. The molecule has 0 aliphatic rings. The van der Waals surface area contributed by atoms with Crippen LogP contribution in [0.4, 0.5) is 0 Å². The maximum absolute atomic E-state index is 10.3. The van der Waals surface area contributed by atoms with Crippen LogP contribution in [0.25, 0.3) is 0 Å². The van der Waals surface area contributed by atoms with Gasteiger partial charge in [-0.3, -0.25) is 9.59 Å². The Morgan fingerprint density at radius 3 is 1.40 bits per heavy atom. The van der Waals surface area contributed by atoms with E-state index in [9.17, 15) is 14.4 Å². The Morgan fingerprint density at radius 2 is 1.30 bits per heavy atom. The summed E-state index contributed by atoms with van der Waals surface area (Å²) in [6, 6.07) is 0. The van der Waals surface area contributed by atoms with Crippen LogP contribution in [0.1, 0.15) is 19.8 Å². The van der Waals surface area contributed by atoms with Gasteiger partial charge in [-0.15, -0.1) is 0 Å². The minimum absolute atomic E-state index is 0. The maximum atomic E-state index is 10.3. The molecule has 0 aromatic rings. The molecule has 0 rings (SSSR count). The molecule has 114 valence electrons. The van der Waals surface area contributed by atoms with Crippen LogP contribution in [-0.2, 0) is 14.4 Å². The second-order valence-electron chi connectivity index (χ2n) is 3.51. The van der Waals surface area contributed by atoms with Crippen molar-refractivity contribution in [2.45, 2.75) is 31.5 Å². The molecule has 0 spiro atoms. The minimum atomic E-state index is -2.74. The molecule has 1 atom stereocenters. The number of aliphatic hydroxyl groups is 3. The fourth-order valence-corrected chi connectivity index (χ4v) is 0.714. The molecule has 0 aliphatic heterocycles. The van der Waals surface area contributed by atoms with Gasteiger partial charge in [-0.05, 0) is 6.92 Å². The van der Waals surface area contributed by atoms with E-state index < -0.39 is 42.5 Å². The Morgan fingerprint density at radius 1 is 1.05 bits per heavy atom. The monoisotopic (exact) mass is 308 g/mol. The summed E-state index contributed by atoms with van der Waals surface area (Å²) in [6.07, 6.45) is -2.85. The zero-order chi connectivity index (χ0) is 14.9. The molecular formula is C9H17NaO10. The van der Waals surface area contributed by atoms with Crippen molar-refractivity contribution in [1.82, 2.24) is 0 Å². The SMILES string of the molecule is CC(O)CO.O=C(O)CC(O)(CC(=O)O)C(=O)O.[Na+].[OH-]. The van der Waals surface area contributed by atoms with Crippen molar-refractivity contribution in [3.63, 3.8) is 0 Å². The van der Waals surface area contributed by atoms with E-state index in [0.29, 0.717) is 0 Å². The Balaban J connectivity index is -0.000000158. The van der Waals surface area contributed by atoms with E-state index in [2.05, 4.69) is 0 Å². The van der Waals surface area contributed by atoms with Gasteiger partial charge in [-0.25, -0.2) is 4.79 Å². The number of rotatable bonds is 6. The summed E-state index contributed by atoms with van der Waals surface area (Å²) in [5.41, 5.74) is -2.74. The summed E-state index contributed by atoms with van der Waals surface area (Å²) < 4.78 is 0. The molecule has 0 amide bonds. The van der Waals surface area contributed by atoms with Crippen LogP contribution in [0.15, 0.2) is 0 Å². The van der Waals surface area contributed by atoms with Gasteiger partial charge >= 0.3 is 47.5 Å². The van der Waals surface area contributed by atoms with E-state index >= 15 is 0 Å². The van der Waals surface area contributed by atoms with E-state index in [0.717, 1.165) is 0 Å². The number of hydrogen-bond donors (Lipinski definition) is 6. The van der Waals surface area contributed by atoms with Gasteiger partial charge in [-0.2, -0.15) is 0 Å². The number of carbonyl (C=O) groups is 3. The zero-order valence-electron chi connectivity index (χ0n) is 11.1. The first kappa shape index (κ1) is 27.6. The Bertz CT molecular complexity index is 287. The van der Waals surface area contributed by atoms with E-state index in [-0.39, 0.29) is 41.6 Å². The average Bonchev–Trinajstić information content (AvgIpc) is 2.15. The molecule has 10 nitrogen and oxygen atoms in total. The molecule has 0 saturated carbocycles. The van der Waals surface area contributed by atoms with Gasteiger partial charge in [0, 0.05) is 0 Å². The first-order chi connectivity index (χ1) is 8.05. The summed E-state index contributed by atoms with van der Waals surface area (Å²) in [6.45, 7) is 1.39. The van der Waals surface area contributed by atoms with E-state index in [1.807, 2.05) is 0 Å². The Hall–Kier alpha value is -0.750. The molecule has 0 aromatic heterocycles. The van der Waals surface area contributed by atoms with Crippen molar-refractivity contribution in [2.75, 3.05) is 6.61 Å². The van der Waals surface area contributed by atoms with Gasteiger partial charge in [0.15, 0.2) is 5.60 Å². The third-order valence-corrected chi connectivity index (χ3v) is 1.55. The summed E-state index contributed by atoms with van der Waals surface area (Å²) in [5, 5.41) is 49.8. The smallest absolute Gasteiger partial charge is 0.870 e. The molecule has 0 heterocycles. The zero-order valence-corrected chi connectivity index (χ0v) is 13.1.